The Balaban J connectivity index is 2.73. The van der Waals surface area contributed by atoms with Crippen LogP contribution in [-0.4, -0.2) is 17.8 Å². The van der Waals surface area contributed by atoms with Crippen LogP contribution >= 0.6 is 0 Å². The summed E-state index contributed by atoms with van der Waals surface area (Å²) in [6.07, 6.45) is 0. The molecule has 3 heteroatoms. The van der Waals surface area contributed by atoms with Crippen LogP contribution in [0.4, 0.5) is 0 Å². The van der Waals surface area contributed by atoms with E-state index in [-0.39, 0.29) is 24.6 Å². The molecule has 3 nitrogen and oxygen atoms in total. The van der Waals surface area contributed by atoms with Gasteiger partial charge in [0.2, 0.25) is 0 Å². The maximum atomic E-state index is 9.33. The Bertz CT molecular complexity index is 343. The van der Waals surface area contributed by atoms with E-state index in [0.717, 1.165) is 5.56 Å². The standard InChI is InChI=1S/C13H18N2O/c1-10(2)12(8-14)15-13(9-16)11-6-4-3-5-7-11/h3-7,10,12-13,15-16H,9H2,1-2H3/t12?,13-/m0/s1. The predicted molar refractivity (Wildman–Crippen MR) is 63.6 cm³/mol. The maximum Gasteiger partial charge on any atom is 0.0981 e. The van der Waals surface area contributed by atoms with Crippen molar-refractivity contribution < 1.29 is 5.11 Å². The molecule has 1 aromatic rings. The summed E-state index contributed by atoms with van der Waals surface area (Å²) in [5.41, 5.74) is 1.01. The first kappa shape index (κ1) is 12.7. The van der Waals surface area contributed by atoms with E-state index in [4.69, 9.17) is 5.26 Å². The number of rotatable bonds is 5. The molecule has 0 heterocycles. The second kappa shape index (κ2) is 6.26. The highest BCUT2D eigenvalue weighted by atomic mass is 16.3. The topological polar surface area (TPSA) is 56.0 Å². The quantitative estimate of drug-likeness (QED) is 0.793. The van der Waals surface area contributed by atoms with Gasteiger partial charge < -0.3 is 5.11 Å². The van der Waals surface area contributed by atoms with E-state index in [1.54, 1.807) is 0 Å². The van der Waals surface area contributed by atoms with Crippen molar-refractivity contribution in [2.24, 2.45) is 5.92 Å². The van der Waals surface area contributed by atoms with Crippen molar-refractivity contribution in [1.29, 1.82) is 5.26 Å². The molecule has 86 valence electrons. The molecule has 0 bridgehead atoms. The van der Waals surface area contributed by atoms with Gasteiger partial charge in [0.05, 0.1) is 24.8 Å². The Morgan fingerprint density at radius 2 is 1.94 bits per heavy atom. The Morgan fingerprint density at radius 1 is 1.31 bits per heavy atom. The van der Waals surface area contributed by atoms with Gasteiger partial charge in [-0.2, -0.15) is 5.26 Å². The molecular weight excluding hydrogens is 200 g/mol. The number of nitrogens with zero attached hydrogens (tertiary/aromatic N) is 1. The lowest BCUT2D eigenvalue weighted by molar-refractivity contribution is 0.232. The van der Waals surface area contributed by atoms with E-state index >= 15 is 0 Å². The molecule has 0 amide bonds. The van der Waals surface area contributed by atoms with Crippen LogP contribution in [0.2, 0.25) is 0 Å². The molecule has 0 fully saturated rings. The van der Waals surface area contributed by atoms with Gasteiger partial charge in [-0.1, -0.05) is 44.2 Å². The second-order valence-electron chi connectivity index (χ2n) is 4.16. The van der Waals surface area contributed by atoms with E-state index < -0.39 is 0 Å². The van der Waals surface area contributed by atoms with Crippen LogP contribution in [-0.2, 0) is 0 Å². The van der Waals surface area contributed by atoms with Crippen LogP contribution in [0.3, 0.4) is 0 Å². The first-order valence-corrected chi connectivity index (χ1v) is 5.50. The summed E-state index contributed by atoms with van der Waals surface area (Å²) < 4.78 is 0. The number of nitriles is 1. The smallest absolute Gasteiger partial charge is 0.0981 e. The molecule has 0 spiro atoms. The maximum absolute atomic E-state index is 9.33. The Morgan fingerprint density at radius 3 is 2.38 bits per heavy atom. The van der Waals surface area contributed by atoms with Crippen LogP contribution in [0, 0.1) is 17.2 Å². The van der Waals surface area contributed by atoms with Gasteiger partial charge in [-0.3, -0.25) is 5.32 Å². The highest BCUT2D eigenvalue weighted by Gasteiger charge is 2.18. The van der Waals surface area contributed by atoms with Gasteiger partial charge in [0, 0.05) is 0 Å². The van der Waals surface area contributed by atoms with Crippen molar-refractivity contribution in [2.75, 3.05) is 6.61 Å². The zero-order chi connectivity index (χ0) is 12.0. The van der Waals surface area contributed by atoms with E-state index in [1.165, 1.54) is 0 Å². The van der Waals surface area contributed by atoms with Crippen molar-refractivity contribution in [3.8, 4) is 6.07 Å². The molecule has 2 atom stereocenters. The summed E-state index contributed by atoms with van der Waals surface area (Å²) in [7, 11) is 0. The van der Waals surface area contributed by atoms with Gasteiger partial charge in [0.25, 0.3) is 0 Å². The summed E-state index contributed by atoms with van der Waals surface area (Å²) in [4.78, 5) is 0. The fourth-order valence-electron chi connectivity index (χ4n) is 1.54. The fourth-order valence-corrected chi connectivity index (χ4v) is 1.54. The number of aliphatic hydroxyl groups is 1. The predicted octanol–water partition coefficient (Wildman–Crippen LogP) is 1.86. The molecule has 16 heavy (non-hydrogen) atoms. The highest BCUT2D eigenvalue weighted by Crippen LogP contribution is 2.14. The highest BCUT2D eigenvalue weighted by molar-refractivity contribution is 5.19. The minimum Gasteiger partial charge on any atom is -0.394 e. The van der Waals surface area contributed by atoms with Crippen LogP contribution in [0.1, 0.15) is 25.5 Å². The summed E-state index contributed by atoms with van der Waals surface area (Å²) in [6, 6.07) is 11.5. The molecule has 1 rings (SSSR count). The molecule has 0 saturated heterocycles. The third-order valence-corrected chi connectivity index (χ3v) is 2.57. The summed E-state index contributed by atoms with van der Waals surface area (Å²) in [5.74, 6) is 0.225. The van der Waals surface area contributed by atoms with Gasteiger partial charge in [0.1, 0.15) is 0 Å². The largest absolute Gasteiger partial charge is 0.394 e. The van der Waals surface area contributed by atoms with E-state index in [2.05, 4.69) is 11.4 Å². The fraction of sp³-hybridized carbons (Fsp3) is 0.462. The van der Waals surface area contributed by atoms with Gasteiger partial charge in [-0.25, -0.2) is 0 Å². The number of hydrogen-bond acceptors (Lipinski definition) is 3. The van der Waals surface area contributed by atoms with E-state index in [0.29, 0.717) is 0 Å². The molecule has 0 aromatic heterocycles. The van der Waals surface area contributed by atoms with Crippen LogP contribution in [0.15, 0.2) is 30.3 Å². The van der Waals surface area contributed by atoms with Crippen LogP contribution < -0.4 is 5.32 Å². The molecule has 0 aliphatic heterocycles. The van der Waals surface area contributed by atoms with E-state index in [9.17, 15) is 5.11 Å². The minimum atomic E-state index is -0.239. The van der Waals surface area contributed by atoms with Gasteiger partial charge in [-0.15, -0.1) is 0 Å². The summed E-state index contributed by atoms with van der Waals surface area (Å²) in [5, 5.41) is 21.5. The monoisotopic (exact) mass is 218 g/mol. The molecule has 1 aromatic carbocycles. The first-order chi connectivity index (χ1) is 7.69. The average Bonchev–Trinajstić information content (AvgIpc) is 2.31. The molecule has 2 N–H and O–H groups in total. The molecular formula is C13H18N2O. The Labute approximate surface area is 96.7 Å². The molecule has 0 radical (unpaired) electrons. The normalized spacial score (nSPS) is 14.4. The number of hydrogen-bond donors (Lipinski definition) is 2. The molecule has 1 unspecified atom stereocenters. The average molecular weight is 218 g/mol. The zero-order valence-electron chi connectivity index (χ0n) is 9.72. The summed E-state index contributed by atoms with van der Waals surface area (Å²) >= 11 is 0. The van der Waals surface area contributed by atoms with Crippen molar-refractivity contribution in [2.45, 2.75) is 25.9 Å². The first-order valence-electron chi connectivity index (χ1n) is 5.50. The van der Waals surface area contributed by atoms with Gasteiger partial charge in [-0.05, 0) is 11.5 Å². The lowest BCUT2D eigenvalue weighted by atomic mass is 10.0. The van der Waals surface area contributed by atoms with Crippen molar-refractivity contribution in [1.82, 2.24) is 5.32 Å². The van der Waals surface area contributed by atoms with Crippen LogP contribution in [0.25, 0.3) is 0 Å². The minimum absolute atomic E-state index is 0.00505. The van der Waals surface area contributed by atoms with E-state index in [1.807, 2.05) is 44.2 Å². The van der Waals surface area contributed by atoms with Gasteiger partial charge in [0.15, 0.2) is 0 Å². The molecule has 0 aliphatic carbocycles. The number of benzene rings is 1. The number of nitrogens with one attached hydrogen (secondary N) is 1. The second-order valence-corrected chi connectivity index (χ2v) is 4.16. The third-order valence-electron chi connectivity index (χ3n) is 2.57. The molecule has 0 aliphatic rings. The lowest BCUT2D eigenvalue weighted by Crippen LogP contribution is -2.37. The Hall–Kier alpha value is -1.37. The number of aliphatic hydroxyl groups excluding tert-OH is 1. The zero-order valence-corrected chi connectivity index (χ0v) is 9.72. The third kappa shape index (κ3) is 3.34. The Kier molecular flexibility index (Phi) is 4.97. The van der Waals surface area contributed by atoms with Gasteiger partial charge >= 0.3 is 0 Å². The van der Waals surface area contributed by atoms with Crippen molar-refractivity contribution in [3.63, 3.8) is 0 Å². The molecule has 0 saturated carbocycles. The van der Waals surface area contributed by atoms with Crippen LogP contribution in [0.5, 0.6) is 0 Å². The van der Waals surface area contributed by atoms with Crippen molar-refractivity contribution in [3.05, 3.63) is 35.9 Å². The summed E-state index contributed by atoms with van der Waals surface area (Å²) in [6.45, 7) is 3.97. The SMILES string of the molecule is CC(C)C(C#N)N[C@@H](CO)c1ccccc1. The van der Waals surface area contributed by atoms with Crippen molar-refractivity contribution >= 4 is 0 Å². The lowest BCUT2D eigenvalue weighted by Gasteiger charge is -2.22.